The molecule has 0 aliphatic carbocycles. The van der Waals surface area contributed by atoms with E-state index in [1.807, 2.05) is 12.4 Å². The van der Waals surface area contributed by atoms with Crippen molar-refractivity contribution in [2.75, 3.05) is 49.6 Å². The number of nitrogens with one attached hydrogen (secondary N) is 2. The Morgan fingerprint density at radius 2 is 1.77 bits per heavy atom. The molecule has 2 aromatic heterocycles. The molecule has 1 saturated heterocycles. The van der Waals surface area contributed by atoms with Gasteiger partial charge in [-0.2, -0.15) is 23.5 Å². The highest BCUT2D eigenvalue weighted by Gasteiger charge is 2.31. The number of nitrogens with zero attached hydrogens (tertiary/aromatic N) is 6. The van der Waals surface area contributed by atoms with Gasteiger partial charge in [0, 0.05) is 38.3 Å². The molecule has 0 spiro atoms. The maximum Gasteiger partial charge on any atom is 0.416 e. The van der Waals surface area contributed by atoms with Gasteiger partial charge in [-0.3, -0.25) is 4.90 Å². The number of nitrogens with two attached hydrogens (primary N) is 1. The third-order valence-electron chi connectivity index (χ3n) is 7.23. The van der Waals surface area contributed by atoms with Gasteiger partial charge in [0.2, 0.25) is 0 Å². The highest BCUT2D eigenvalue weighted by Crippen LogP contribution is 2.37. The lowest BCUT2D eigenvalue weighted by molar-refractivity contribution is -0.137. The summed E-state index contributed by atoms with van der Waals surface area (Å²) in [6, 6.07) is 6.42. The number of alkyl halides is 3. The molecule has 0 saturated carbocycles. The van der Waals surface area contributed by atoms with Crippen LogP contribution >= 0.6 is 0 Å². The normalized spacial score (nSPS) is 14.5. The fourth-order valence-corrected chi connectivity index (χ4v) is 5.03. The van der Waals surface area contributed by atoms with Crippen LogP contribution in [0.2, 0.25) is 0 Å². The van der Waals surface area contributed by atoms with E-state index in [0.29, 0.717) is 47.0 Å². The number of urea groups is 1. The zero-order valence-corrected chi connectivity index (χ0v) is 22.8. The maximum absolute atomic E-state index is 15.4. The first-order valence-electron chi connectivity index (χ1n) is 13.1. The molecule has 3 heterocycles. The second kappa shape index (κ2) is 11.8. The third kappa shape index (κ3) is 6.20. The summed E-state index contributed by atoms with van der Waals surface area (Å²) in [7, 11) is 2.04. The van der Waals surface area contributed by atoms with E-state index in [-0.39, 0.29) is 17.9 Å². The van der Waals surface area contributed by atoms with Gasteiger partial charge in [0.25, 0.3) is 0 Å². The lowest BCUT2D eigenvalue weighted by Crippen LogP contribution is -2.44. The van der Waals surface area contributed by atoms with Crippen molar-refractivity contribution >= 4 is 28.7 Å². The van der Waals surface area contributed by atoms with Crippen LogP contribution in [-0.4, -0.2) is 63.7 Å². The molecule has 1 aliphatic rings. The van der Waals surface area contributed by atoms with E-state index in [2.05, 4.69) is 31.3 Å². The summed E-state index contributed by atoms with van der Waals surface area (Å²) in [6.07, 6.45) is -3.47. The summed E-state index contributed by atoms with van der Waals surface area (Å²) in [5.41, 5.74) is 6.55. The van der Waals surface area contributed by atoms with Gasteiger partial charge < -0.3 is 21.3 Å². The molecule has 43 heavy (non-hydrogen) atoms. The van der Waals surface area contributed by atoms with Gasteiger partial charge in [-0.15, -0.1) is 0 Å². The number of aromatic nitrogens is 3. The Morgan fingerprint density at radius 1 is 1.05 bits per heavy atom. The van der Waals surface area contributed by atoms with E-state index < -0.39 is 35.1 Å². The number of likely N-dealkylation sites (N-methyl/N-ethyl adjacent to an activating group) is 1. The monoisotopic (exact) mass is 599 g/mol. The summed E-state index contributed by atoms with van der Waals surface area (Å²) < 4.78 is 70.1. The highest BCUT2D eigenvalue weighted by atomic mass is 19.4. The molecule has 15 heteroatoms. The second-order valence-electron chi connectivity index (χ2n) is 10.1. The van der Waals surface area contributed by atoms with E-state index in [9.17, 15) is 27.6 Å². The van der Waals surface area contributed by atoms with E-state index >= 15 is 4.39 Å². The van der Waals surface area contributed by atoms with Gasteiger partial charge in [-0.1, -0.05) is 6.07 Å². The molecule has 0 atom stereocenters. The minimum absolute atomic E-state index is 0.0201. The van der Waals surface area contributed by atoms with Gasteiger partial charge in [0.05, 0.1) is 35.1 Å². The number of halogens is 5. The molecule has 5 rings (SSSR count). The standard InChI is InChI=1S/C28H26F5N9O/c1-40-8-10-41(11-9-40)14-23-18(6-7-34)24(25-26(35)36-15-37-42(23)25)16-2-5-21(20(30)12-16)38-27(43)39-22-13-17(28(31,32)33)3-4-19(22)29/h2-5,12-13,15H,6,8-11,14H2,1H3,(H2,35,36,37)(H2,38,39,43). The number of fused-ring (bicyclic) bond motifs is 1. The van der Waals surface area contributed by atoms with Crippen LogP contribution in [0, 0.1) is 23.0 Å². The largest absolute Gasteiger partial charge is 0.416 e. The van der Waals surface area contributed by atoms with Gasteiger partial charge in [-0.25, -0.2) is 23.1 Å². The summed E-state index contributed by atoms with van der Waals surface area (Å²) >= 11 is 0. The van der Waals surface area contributed by atoms with Crippen molar-refractivity contribution in [2.24, 2.45) is 0 Å². The van der Waals surface area contributed by atoms with Crippen molar-refractivity contribution in [3.63, 3.8) is 0 Å². The smallest absolute Gasteiger partial charge is 0.382 e. The van der Waals surface area contributed by atoms with E-state index in [1.165, 1.54) is 18.5 Å². The zero-order chi connectivity index (χ0) is 30.9. The van der Waals surface area contributed by atoms with Gasteiger partial charge >= 0.3 is 12.2 Å². The molecule has 4 aromatic rings. The number of benzene rings is 2. The van der Waals surface area contributed by atoms with Crippen LogP contribution in [0.3, 0.4) is 0 Å². The minimum atomic E-state index is -4.75. The van der Waals surface area contributed by atoms with E-state index in [0.717, 1.165) is 37.9 Å². The summed E-state index contributed by atoms with van der Waals surface area (Å²) in [4.78, 5) is 21.0. The number of hydrogen-bond acceptors (Lipinski definition) is 7. The molecule has 224 valence electrons. The van der Waals surface area contributed by atoms with E-state index in [1.54, 1.807) is 4.52 Å². The topological polar surface area (TPSA) is 128 Å². The van der Waals surface area contributed by atoms with Crippen molar-refractivity contribution in [2.45, 2.75) is 19.1 Å². The zero-order valence-electron chi connectivity index (χ0n) is 22.8. The Morgan fingerprint density at radius 3 is 2.44 bits per heavy atom. The van der Waals surface area contributed by atoms with Crippen molar-refractivity contribution in [1.82, 2.24) is 24.4 Å². The van der Waals surface area contributed by atoms with Crippen molar-refractivity contribution in [3.05, 3.63) is 71.2 Å². The molecule has 0 bridgehead atoms. The van der Waals surface area contributed by atoms with Crippen LogP contribution in [0.15, 0.2) is 42.7 Å². The number of nitrogen functional groups attached to an aromatic ring is 1. The molecule has 1 aliphatic heterocycles. The first-order valence-corrected chi connectivity index (χ1v) is 13.1. The number of anilines is 3. The first kappa shape index (κ1) is 29.7. The Balaban J connectivity index is 1.46. The Labute approximate surface area is 242 Å². The average Bonchev–Trinajstić information content (AvgIpc) is 3.26. The number of rotatable bonds is 6. The predicted octanol–water partition coefficient (Wildman–Crippen LogP) is 4.73. The number of hydrogen-bond donors (Lipinski definition) is 3. The first-order chi connectivity index (χ1) is 20.5. The third-order valence-corrected chi connectivity index (χ3v) is 7.23. The summed E-state index contributed by atoms with van der Waals surface area (Å²) in [6.45, 7) is 3.81. The van der Waals surface area contributed by atoms with Crippen molar-refractivity contribution in [1.29, 1.82) is 5.26 Å². The highest BCUT2D eigenvalue weighted by molar-refractivity contribution is 6.00. The number of carbonyl (C=O) groups excluding carboxylic acids is 1. The van der Waals surface area contributed by atoms with Crippen LogP contribution in [0.1, 0.15) is 16.8 Å². The Bertz CT molecular complexity index is 1720. The summed E-state index contributed by atoms with van der Waals surface area (Å²) in [5.74, 6) is -1.87. The Kier molecular flexibility index (Phi) is 8.16. The molecule has 2 aromatic carbocycles. The van der Waals surface area contributed by atoms with Crippen LogP contribution in [-0.2, 0) is 19.1 Å². The van der Waals surface area contributed by atoms with Crippen molar-refractivity contribution in [3.8, 4) is 17.2 Å². The molecule has 0 unspecified atom stereocenters. The van der Waals surface area contributed by atoms with Gasteiger partial charge in [0.15, 0.2) is 5.82 Å². The fourth-order valence-electron chi connectivity index (χ4n) is 5.03. The molecule has 0 radical (unpaired) electrons. The fraction of sp³-hybridized carbons (Fsp3) is 0.286. The second-order valence-corrected chi connectivity index (χ2v) is 10.1. The Hall–Kier alpha value is -4.81. The summed E-state index contributed by atoms with van der Waals surface area (Å²) in [5, 5.41) is 18.2. The minimum Gasteiger partial charge on any atom is -0.382 e. The average molecular weight is 600 g/mol. The van der Waals surface area contributed by atoms with Gasteiger partial charge in [0.1, 0.15) is 23.5 Å². The van der Waals surface area contributed by atoms with Crippen LogP contribution in [0.4, 0.5) is 43.9 Å². The molecule has 4 N–H and O–H groups in total. The molecular weight excluding hydrogens is 573 g/mol. The number of piperazine rings is 1. The predicted molar refractivity (Wildman–Crippen MR) is 149 cm³/mol. The molecule has 1 fully saturated rings. The molecule has 10 nitrogen and oxygen atoms in total. The van der Waals surface area contributed by atoms with Crippen LogP contribution in [0.5, 0.6) is 0 Å². The maximum atomic E-state index is 15.4. The van der Waals surface area contributed by atoms with Crippen LogP contribution < -0.4 is 16.4 Å². The van der Waals surface area contributed by atoms with Crippen LogP contribution in [0.25, 0.3) is 16.6 Å². The number of nitriles is 1. The lowest BCUT2D eigenvalue weighted by Gasteiger charge is -2.32. The molecule has 2 amide bonds. The quantitative estimate of drug-likeness (QED) is 0.274. The number of carbonyl (C=O) groups is 1. The van der Waals surface area contributed by atoms with E-state index in [4.69, 9.17) is 5.73 Å². The van der Waals surface area contributed by atoms with Crippen molar-refractivity contribution < 1.29 is 26.7 Å². The lowest BCUT2D eigenvalue weighted by atomic mass is 9.98. The molecular formula is C28H26F5N9O. The van der Waals surface area contributed by atoms with Gasteiger partial charge in [-0.05, 0) is 48.5 Å². The number of amides is 2. The SMILES string of the molecule is CN1CCN(Cc2c(CC#N)c(-c3ccc(NC(=O)Nc4cc(C(F)(F)F)ccc4F)c(F)c3)c3c(N)ncnn23)CC1.